The molecule has 0 aliphatic heterocycles. The number of furan rings is 1. The summed E-state index contributed by atoms with van der Waals surface area (Å²) in [4.78, 5) is 0. The van der Waals surface area contributed by atoms with Gasteiger partial charge in [-0.25, -0.2) is 0 Å². The molecule has 2 aromatic rings. The van der Waals surface area contributed by atoms with E-state index in [1.54, 1.807) is 0 Å². The Kier molecular flexibility index (Phi) is 3.85. The number of hydrogen-bond donors (Lipinski definition) is 1. The van der Waals surface area contributed by atoms with Crippen LogP contribution in [-0.4, -0.2) is 13.2 Å². The lowest BCUT2D eigenvalue weighted by Crippen LogP contribution is -2.13. The van der Waals surface area contributed by atoms with Gasteiger partial charge in [-0.1, -0.05) is 25.1 Å². The largest absolute Gasteiger partial charge is 0.458 e. The minimum absolute atomic E-state index is 0.589. The first kappa shape index (κ1) is 12.7. The van der Waals surface area contributed by atoms with E-state index in [9.17, 15) is 0 Å². The highest BCUT2D eigenvalue weighted by Crippen LogP contribution is 2.30. The van der Waals surface area contributed by atoms with Crippen LogP contribution in [0.15, 0.2) is 28.7 Å². The molecule has 0 radical (unpaired) electrons. The number of para-hydroxylation sites is 1. The second kappa shape index (κ2) is 5.76. The molecule has 0 bridgehead atoms. The van der Waals surface area contributed by atoms with Crippen LogP contribution in [0.4, 0.5) is 0 Å². The lowest BCUT2D eigenvalue weighted by atomic mass is 10.1. The molecule has 0 atom stereocenters. The Morgan fingerprint density at radius 2 is 2.16 bits per heavy atom. The van der Waals surface area contributed by atoms with E-state index in [1.807, 2.05) is 12.1 Å². The van der Waals surface area contributed by atoms with Gasteiger partial charge in [-0.2, -0.15) is 0 Å². The summed E-state index contributed by atoms with van der Waals surface area (Å²) in [7, 11) is 0. The third-order valence-electron chi connectivity index (χ3n) is 3.62. The number of rotatable bonds is 7. The van der Waals surface area contributed by atoms with Gasteiger partial charge >= 0.3 is 0 Å². The average Bonchev–Trinajstić information content (AvgIpc) is 3.18. The highest BCUT2D eigenvalue weighted by Gasteiger charge is 2.22. The molecule has 1 aliphatic rings. The Labute approximate surface area is 113 Å². The lowest BCUT2D eigenvalue weighted by molar-refractivity contribution is 0.0976. The van der Waals surface area contributed by atoms with Gasteiger partial charge in [0.15, 0.2) is 0 Å². The smallest absolute Gasteiger partial charge is 0.135 e. The van der Waals surface area contributed by atoms with E-state index in [-0.39, 0.29) is 0 Å². The normalized spacial score (nSPS) is 15.2. The minimum atomic E-state index is 0.589. The lowest BCUT2D eigenvalue weighted by Gasteiger charge is -2.05. The van der Waals surface area contributed by atoms with Crippen molar-refractivity contribution in [1.29, 1.82) is 0 Å². The summed E-state index contributed by atoms with van der Waals surface area (Å²) in [6.45, 7) is 5.38. The molecule has 3 nitrogen and oxygen atoms in total. The summed E-state index contributed by atoms with van der Waals surface area (Å²) in [5.74, 6) is 1.77. The molecule has 1 aliphatic carbocycles. The summed E-state index contributed by atoms with van der Waals surface area (Å²) >= 11 is 0. The van der Waals surface area contributed by atoms with Gasteiger partial charge in [0.1, 0.15) is 18.0 Å². The van der Waals surface area contributed by atoms with Crippen LogP contribution in [0.1, 0.15) is 31.1 Å². The quantitative estimate of drug-likeness (QED) is 0.826. The van der Waals surface area contributed by atoms with Crippen LogP contribution in [0.2, 0.25) is 0 Å². The van der Waals surface area contributed by atoms with Gasteiger partial charge in [0.25, 0.3) is 0 Å². The van der Waals surface area contributed by atoms with Gasteiger partial charge in [0.05, 0.1) is 0 Å². The monoisotopic (exact) mass is 259 g/mol. The molecule has 1 saturated carbocycles. The Hall–Kier alpha value is -1.32. The van der Waals surface area contributed by atoms with Crippen LogP contribution in [-0.2, 0) is 17.9 Å². The van der Waals surface area contributed by atoms with E-state index in [0.29, 0.717) is 6.61 Å². The second-order valence-corrected chi connectivity index (χ2v) is 5.24. The number of nitrogens with one attached hydrogen (secondary N) is 1. The molecule has 1 aromatic heterocycles. The van der Waals surface area contributed by atoms with Crippen molar-refractivity contribution in [3.63, 3.8) is 0 Å². The van der Waals surface area contributed by atoms with Crippen molar-refractivity contribution >= 4 is 11.0 Å². The summed E-state index contributed by atoms with van der Waals surface area (Å²) in [5, 5.41) is 4.58. The first-order valence-corrected chi connectivity index (χ1v) is 7.16. The van der Waals surface area contributed by atoms with Gasteiger partial charge in [-0.15, -0.1) is 0 Å². The Morgan fingerprint density at radius 3 is 2.95 bits per heavy atom. The molecular formula is C16H21NO2. The molecule has 1 heterocycles. The first-order valence-electron chi connectivity index (χ1n) is 7.16. The first-order chi connectivity index (χ1) is 9.38. The number of ether oxygens (including phenoxy) is 1. The third-order valence-corrected chi connectivity index (χ3v) is 3.62. The average molecular weight is 259 g/mol. The zero-order chi connectivity index (χ0) is 13.1. The van der Waals surface area contributed by atoms with E-state index in [2.05, 4.69) is 24.4 Å². The van der Waals surface area contributed by atoms with E-state index in [1.165, 1.54) is 23.8 Å². The van der Waals surface area contributed by atoms with Gasteiger partial charge in [-0.3, -0.25) is 0 Å². The van der Waals surface area contributed by atoms with Crippen molar-refractivity contribution in [1.82, 2.24) is 5.32 Å². The van der Waals surface area contributed by atoms with Crippen LogP contribution in [0.25, 0.3) is 11.0 Å². The Balaban J connectivity index is 1.78. The molecular weight excluding hydrogens is 238 g/mol. The van der Waals surface area contributed by atoms with Crippen LogP contribution in [0.5, 0.6) is 0 Å². The van der Waals surface area contributed by atoms with Crippen LogP contribution in [0, 0.1) is 5.92 Å². The molecule has 1 N–H and O–H groups in total. The van der Waals surface area contributed by atoms with Gasteiger partial charge in [0, 0.05) is 24.1 Å². The fourth-order valence-electron chi connectivity index (χ4n) is 2.31. The van der Waals surface area contributed by atoms with E-state index in [0.717, 1.165) is 37.0 Å². The molecule has 102 valence electrons. The van der Waals surface area contributed by atoms with Crippen LogP contribution >= 0.6 is 0 Å². The maximum atomic E-state index is 5.93. The molecule has 0 spiro atoms. The van der Waals surface area contributed by atoms with Crippen molar-refractivity contribution in [2.24, 2.45) is 5.92 Å². The van der Waals surface area contributed by atoms with Crippen LogP contribution in [0.3, 0.4) is 0 Å². The molecule has 3 rings (SSSR count). The van der Waals surface area contributed by atoms with Gasteiger partial charge in [0.2, 0.25) is 0 Å². The second-order valence-electron chi connectivity index (χ2n) is 5.24. The fraction of sp³-hybridized carbons (Fsp3) is 0.500. The molecule has 1 aromatic carbocycles. The standard InChI is InChI=1S/C16H21NO2/c1-2-17-9-14-13-5-3-4-6-15(13)19-16(14)11-18-10-12-7-8-12/h3-6,12,17H,2,7-11H2,1H3. The predicted molar refractivity (Wildman–Crippen MR) is 76.0 cm³/mol. The van der Waals surface area contributed by atoms with Crippen LogP contribution < -0.4 is 5.32 Å². The summed E-state index contributed by atoms with van der Waals surface area (Å²) in [5.41, 5.74) is 2.20. The van der Waals surface area contributed by atoms with Crippen molar-refractivity contribution in [2.75, 3.05) is 13.2 Å². The van der Waals surface area contributed by atoms with Crippen molar-refractivity contribution in [3.8, 4) is 0 Å². The number of hydrogen-bond acceptors (Lipinski definition) is 3. The molecule has 0 amide bonds. The summed E-state index contributed by atoms with van der Waals surface area (Å²) in [6, 6.07) is 8.21. The van der Waals surface area contributed by atoms with E-state index < -0.39 is 0 Å². The van der Waals surface area contributed by atoms with Crippen molar-refractivity contribution in [2.45, 2.75) is 32.9 Å². The molecule has 0 unspecified atom stereocenters. The Bertz CT molecular complexity index is 543. The molecule has 3 heteroatoms. The Morgan fingerprint density at radius 1 is 1.32 bits per heavy atom. The maximum absolute atomic E-state index is 5.93. The third kappa shape index (κ3) is 2.99. The predicted octanol–water partition coefficient (Wildman–Crippen LogP) is 3.47. The highest BCUT2D eigenvalue weighted by molar-refractivity contribution is 5.82. The molecule has 1 fully saturated rings. The van der Waals surface area contributed by atoms with Gasteiger partial charge in [-0.05, 0) is 31.4 Å². The molecule has 19 heavy (non-hydrogen) atoms. The zero-order valence-corrected chi connectivity index (χ0v) is 11.4. The maximum Gasteiger partial charge on any atom is 0.135 e. The van der Waals surface area contributed by atoms with Crippen molar-refractivity contribution < 1.29 is 9.15 Å². The highest BCUT2D eigenvalue weighted by atomic mass is 16.5. The SMILES string of the molecule is CCNCc1c(COCC2CC2)oc2ccccc12. The van der Waals surface area contributed by atoms with Crippen molar-refractivity contribution in [3.05, 3.63) is 35.6 Å². The summed E-state index contributed by atoms with van der Waals surface area (Å²) in [6.07, 6.45) is 2.65. The van der Waals surface area contributed by atoms with E-state index >= 15 is 0 Å². The van der Waals surface area contributed by atoms with Gasteiger partial charge < -0.3 is 14.5 Å². The van der Waals surface area contributed by atoms with E-state index in [4.69, 9.17) is 9.15 Å². The number of fused-ring (bicyclic) bond motifs is 1. The topological polar surface area (TPSA) is 34.4 Å². The number of benzene rings is 1. The zero-order valence-electron chi connectivity index (χ0n) is 11.4. The minimum Gasteiger partial charge on any atom is -0.458 e. The summed E-state index contributed by atoms with van der Waals surface area (Å²) < 4.78 is 11.7. The fourth-order valence-corrected chi connectivity index (χ4v) is 2.31. The molecule has 0 saturated heterocycles.